The number of oxazole rings is 1. The Morgan fingerprint density at radius 1 is 1.04 bits per heavy atom. The van der Waals surface area contributed by atoms with E-state index >= 15 is 0 Å². The number of para-hydroxylation sites is 2. The van der Waals surface area contributed by atoms with E-state index in [0.29, 0.717) is 22.6 Å². The predicted molar refractivity (Wildman–Crippen MR) is 95.5 cm³/mol. The van der Waals surface area contributed by atoms with Crippen LogP contribution >= 0.6 is 0 Å². The second kappa shape index (κ2) is 7.00. The minimum atomic E-state index is -0.560. The zero-order valence-corrected chi connectivity index (χ0v) is 14.2. The quantitative estimate of drug-likeness (QED) is 0.675. The highest BCUT2D eigenvalue weighted by Gasteiger charge is 2.22. The first-order valence-electron chi connectivity index (χ1n) is 8.62. The molecule has 1 saturated heterocycles. The lowest BCUT2D eigenvalue weighted by Gasteiger charge is -2.15. The van der Waals surface area contributed by atoms with Crippen LogP contribution in [0.15, 0.2) is 52.9 Å². The average Bonchev–Trinajstić information content (AvgIpc) is 3.35. The van der Waals surface area contributed by atoms with Crippen molar-refractivity contribution in [1.82, 2.24) is 9.88 Å². The highest BCUT2D eigenvalue weighted by molar-refractivity contribution is 5.97. The van der Waals surface area contributed by atoms with E-state index in [9.17, 15) is 9.59 Å². The Morgan fingerprint density at radius 2 is 1.77 bits per heavy atom. The number of likely N-dealkylation sites (tertiary alicyclic amines) is 1. The molecule has 0 aliphatic carbocycles. The maximum atomic E-state index is 12.5. The summed E-state index contributed by atoms with van der Waals surface area (Å²) in [5.41, 5.74) is 2.24. The van der Waals surface area contributed by atoms with Crippen LogP contribution in [-0.4, -0.2) is 41.5 Å². The van der Waals surface area contributed by atoms with Gasteiger partial charge in [-0.3, -0.25) is 4.79 Å². The van der Waals surface area contributed by atoms with Gasteiger partial charge < -0.3 is 14.1 Å². The number of nitrogens with zero attached hydrogens (tertiary/aromatic N) is 2. The van der Waals surface area contributed by atoms with Crippen LogP contribution in [0.1, 0.15) is 23.2 Å². The Bertz CT molecular complexity index is 924. The summed E-state index contributed by atoms with van der Waals surface area (Å²) in [6.45, 7) is 1.21. The number of carbonyl (C=O) groups excluding carboxylic acids is 2. The first kappa shape index (κ1) is 16.3. The molecule has 2 heterocycles. The monoisotopic (exact) mass is 350 g/mol. The fraction of sp³-hybridized carbons (Fsp3) is 0.250. The van der Waals surface area contributed by atoms with Gasteiger partial charge in [0.15, 0.2) is 12.2 Å². The number of fused-ring (bicyclic) bond motifs is 1. The molecular formula is C20H18N2O4. The van der Waals surface area contributed by atoms with Crippen molar-refractivity contribution in [3.8, 4) is 11.5 Å². The molecule has 0 spiro atoms. The largest absolute Gasteiger partial charge is 0.452 e. The Morgan fingerprint density at radius 3 is 2.58 bits per heavy atom. The van der Waals surface area contributed by atoms with Crippen molar-refractivity contribution >= 4 is 23.0 Å². The number of hydrogen-bond acceptors (Lipinski definition) is 5. The highest BCUT2D eigenvalue weighted by Crippen LogP contribution is 2.27. The van der Waals surface area contributed by atoms with Crippen molar-refractivity contribution < 1.29 is 18.7 Å². The molecular weight excluding hydrogens is 332 g/mol. The maximum Gasteiger partial charge on any atom is 0.339 e. The van der Waals surface area contributed by atoms with Crippen molar-refractivity contribution in [3.63, 3.8) is 0 Å². The van der Waals surface area contributed by atoms with E-state index < -0.39 is 5.97 Å². The molecule has 4 rings (SSSR count). The van der Waals surface area contributed by atoms with Crippen LogP contribution in [0.5, 0.6) is 0 Å². The normalized spacial score (nSPS) is 13.9. The summed E-state index contributed by atoms with van der Waals surface area (Å²) in [7, 11) is 0. The van der Waals surface area contributed by atoms with E-state index in [4.69, 9.17) is 9.15 Å². The van der Waals surface area contributed by atoms with E-state index in [-0.39, 0.29) is 12.5 Å². The van der Waals surface area contributed by atoms with Gasteiger partial charge in [0.05, 0.1) is 11.1 Å². The average molecular weight is 350 g/mol. The molecule has 132 valence electrons. The number of carbonyl (C=O) groups is 2. The van der Waals surface area contributed by atoms with Gasteiger partial charge in [-0.1, -0.05) is 24.3 Å². The van der Waals surface area contributed by atoms with Gasteiger partial charge in [0.2, 0.25) is 5.89 Å². The molecule has 0 radical (unpaired) electrons. The molecule has 1 amide bonds. The molecule has 6 heteroatoms. The molecule has 0 atom stereocenters. The van der Waals surface area contributed by atoms with Gasteiger partial charge in [-0.05, 0) is 37.1 Å². The molecule has 0 unspecified atom stereocenters. The molecule has 1 fully saturated rings. The van der Waals surface area contributed by atoms with Gasteiger partial charge in [0.1, 0.15) is 5.52 Å². The van der Waals surface area contributed by atoms with Gasteiger partial charge in [-0.15, -0.1) is 0 Å². The number of aromatic nitrogens is 1. The molecule has 0 saturated carbocycles. The third-order valence-electron chi connectivity index (χ3n) is 4.46. The van der Waals surface area contributed by atoms with Crippen LogP contribution < -0.4 is 0 Å². The van der Waals surface area contributed by atoms with Crippen LogP contribution in [0.3, 0.4) is 0 Å². The van der Waals surface area contributed by atoms with Crippen LogP contribution in [-0.2, 0) is 9.53 Å². The van der Waals surface area contributed by atoms with Gasteiger partial charge in [0, 0.05) is 13.1 Å². The van der Waals surface area contributed by atoms with Crippen molar-refractivity contribution in [2.45, 2.75) is 12.8 Å². The van der Waals surface area contributed by atoms with Gasteiger partial charge in [-0.2, -0.15) is 0 Å². The summed E-state index contributed by atoms with van der Waals surface area (Å²) >= 11 is 0. The van der Waals surface area contributed by atoms with Gasteiger partial charge in [0.25, 0.3) is 5.91 Å². The van der Waals surface area contributed by atoms with Crippen LogP contribution in [0.2, 0.25) is 0 Å². The highest BCUT2D eigenvalue weighted by atomic mass is 16.5. The molecule has 0 N–H and O–H groups in total. The Kier molecular flexibility index (Phi) is 4.39. The molecule has 26 heavy (non-hydrogen) atoms. The Hall–Kier alpha value is -3.15. The van der Waals surface area contributed by atoms with E-state index in [0.717, 1.165) is 31.4 Å². The second-order valence-corrected chi connectivity index (χ2v) is 6.20. The summed E-state index contributed by atoms with van der Waals surface area (Å²) < 4.78 is 11.0. The lowest BCUT2D eigenvalue weighted by molar-refractivity contribution is -0.133. The molecule has 2 aromatic carbocycles. The van der Waals surface area contributed by atoms with E-state index in [1.807, 2.05) is 24.3 Å². The van der Waals surface area contributed by atoms with Crippen molar-refractivity contribution in [2.24, 2.45) is 0 Å². The molecule has 1 aliphatic rings. The smallest absolute Gasteiger partial charge is 0.339 e. The van der Waals surface area contributed by atoms with E-state index in [1.54, 1.807) is 29.2 Å². The molecule has 6 nitrogen and oxygen atoms in total. The van der Waals surface area contributed by atoms with Crippen LogP contribution in [0.25, 0.3) is 22.6 Å². The molecule has 1 aromatic heterocycles. The lowest BCUT2D eigenvalue weighted by atomic mass is 10.1. The maximum absolute atomic E-state index is 12.5. The number of ether oxygens (including phenoxy) is 1. The summed E-state index contributed by atoms with van der Waals surface area (Å²) in [4.78, 5) is 30.7. The topological polar surface area (TPSA) is 72.6 Å². The summed E-state index contributed by atoms with van der Waals surface area (Å²) in [6.07, 6.45) is 2.00. The zero-order chi connectivity index (χ0) is 17.9. The Labute approximate surface area is 150 Å². The predicted octanol–water partition coefficient (Wildman–Crippen LogP) is 3.27. The van der Waals surface area contributed by atoms with E-state index in [1.165, 1.54) is 0 Å². The number of benzene rings is 2. The summed E-state index contributed by atoms with van der Waals surface area (Å²) in [6, 6.07) is 14.3. The first-order chi connectivity index (χ1) is 12.7. The molecule has 1 aliphatic heterocycles. The van der Waals surface area contributed by atoms with E-state index in [2.05, 4.69) is 4.98 Å². The van der Waals surface area contributed by atoms with Crippen molar-refractivity contribution in [3.05, 3.63) is 54.1 Å². The fourth-order valence-corrected chi connectivity index (χ4v) is 3.10. The molecule has 0 bridgehead atoms. The van der Waals surface area contributed by atoms with Crippen molar-refractivity contribution in [2.75, 3.05) is 19.7 Å². The standard InChI is InChI=1S/C20H18N2O4/c23-18(22-11-5-6-12-22)13-25-20(24)15-8-2-1-7-14(15)19-21-16-9-3-4-10-17(16)26-19/h1-4,7-10H,5-6,11-13H2. The Balaban J connectivity index is 1.55. The number of rotatable bonds is 4. The molecule has 3 aromatic rings. The summed E-state index contributed by atoms with van der Waals surface area (Å²) in [5.74, 6) is -0.366. The first-order valence-corrected chi connectivity index (χ1v) is 8.62. The third-order valence-corrected chi connectivity index (χ3v) is 4.46. The number of amides is 1. The van der Waals surface area contributed by atoms with Crippen molar-refractivity contribution in [1.29, 1.82) is 0 Å². The number of esters is 1. The lowest BCUT2D eigenvalue weighted by Crippen LogP contribution is -2.32. The van der Waals surface area contributed by atoms with Crippen LogP contribution in [0, 0.1) is 0 Å². The SMILES string of the molecule is O=C(OCC(=O)N1CCCC1)c1ccccc1-c1nc2ccccc2o1. The number of hydrogen-bond donors (Lipinski definition) is 0. The van der Waals surface area contributed by atoms with Gasteiger partial charge >= 0.3 is 5.97 Å². The van der Waals surface area contributed by atoms with Crippen LogP contribution in [0.4, 0.5) is 0 Å². The minimum Gasteiger partial charge on any atom is -0.452 e. The third kappa shape index (κ3) is 3.18. The minimum absolute atomic E-state index is 0.157. The zero-order valence-electron chi connectivity index (χ0n) is 14.2. The summed E-state index contributed by atoms with van der Waals surface area (Å²) in [5, 5.41) is 0. The van der Waals surface area contributed by atoms with Gasteiger partial charge in [-0.25, -0.2) is 9.78 Å². The fourth-order valence-electron chi connectivity index (χ4n) is 3.10. The second-order valence-electron chi connectivity index (χ2n) is 6.20.